The topological polar surface area (TPSA) is 93.3 Å². The van der Waals surface area contributed by atoms with E-state index in [9.17, 15) is 9.59 Å². The van der Waals surface area contributed by atoms with E-state index in [-0.39, 0.29) is 24.9 Å². The molecule has 1 atom stereocenters. The summed E-state index contributed by atoms with van der Waals surface area (Å²) in [5, 5.41) is 13.1. The van der Waals surface area contributed by atoms with E-state index < -0.39 is 6.04 Å². The summed E-state index contributed by atoms with van der Waals surface area (Å²) in [6.45, 7) is 2.13. The first kappa shape index (κ1) is 22.5. The lowest BCUT2D eigenvalue weighted by Crippen LogP contribution is -2.44. The fourth-order valence-corrected chi connectivity index (χ4v) is 4.70. The van der Waals surface area contributed by atoms with Crippen LogP contribution in [-0.2, 0) is 22.7 Å². The number of carbonyl (C=O) groups excluding carboxylic acids is 2. The summed E-state index contributed by atoms with van der Waals surface area (Å²) in [7, 11) is 0. The molecule has 35 heavy (non-hydrogen) atoms. The van der Waals surface area contributed by atoms with Crippen LogP contribution in [-0.4, -0.2) is 26.8 Å². The number of hydrogen-bond donors (Lipinski definition) is 1. The van der Waals surface area contributed by atoms with Gasteiger partial charge < -0.3 is 9.73 Å². The van der Waals surface area contributed by atoms with Gasteiger partial charge in [-0.1, -0.05) is 41.1 Å². The van der Waals surface area contributed by atoms with Crippen LogP contribution >= 0.6 is 11.3 Å². The first-order valence-corrected chi connectivity index (χ1v) is 12.0. The predicted molar refractivity (Wildman–Crippen MR) is 134 cm³/mol. The molecule has 0 radical (unpaired) electrons. The maximum Gasteiger partial charge on any atom is 0.249 e. The van der Waals surface area contributed by atoms with Crippen molar-refractivity contribution in [1.29, 1.82) is 0 Å². The zero-order valence-corrected chi connectivity index (χ0v) is 19.8. The van der Waals surface area contributed by atoms with Crippen molar-refractivity contribution < 1.29 is 14.0 Å². The molecule has 3 heterocycles. The average Bonchev–Trinajstić information content (AvgIpc) is 3.65. The van der Waals surface area contributed by atoms with Gasteiger partial charge in [-0.3, -0.25) is 14.5 Å². The number of carbonyl (C=O) groups is 2. The van der Waals surface area contributed by atoms with Crippen LogP contribution in [0.2, 0.25) is 0 Å². The van der Waals surface area contributed by atoms with Crippen LogP contribution in [0.3, 0.4) is 0 Å². The van der Waals surface area contributed by atoms with E-state index in [4.69, 9.17) is 4.42 Å². The summed E-state index contributed by atoms with van der Waals surface area (Å²) >= 11 is 1.42. The first-order chi connectivity index (χ1) is 17.1. The summed E-state index contributed by atoms with van der Waals surface area (Å²) in [5.41, 5.74) is 3.13. The highest BCUT2D eigenvalue weighted by atomic mass is 32.1. The normalized spacial score (nSPS) is 11.9. The Kier molecular flexibility index (Phi) is 6.40. The summed E-state index contributed by atoms with van der Waals surface area (Å²) in [5.74, 6) is 0.0443. The monoisotopic (exact) mass is 485 g/mol. The van der Waals surface area contributed by atoms with Crippen molar-refractivity contribution >= 4 is 39.9 Å². The molecule has 3 aromatic heterocycles. The third-order valence-corrected chi connectivity index (χ3v) is 6.55. The molecular formula is C26H23N5O3S. The number of fused-ring (bicyclic) bond motifs is 1. The SMILES string of the molecule is Cc1ccc(N(C(=O)Cn2nnc3ccccc32)[C@H](C(=O)NCc2ccco2)c2cccs2)cc1. The molecule has 0 saturated heterocycles. The van der Waals surface area contributed by atoms with Crippen LogP contribution in [0, 0.1) is 6.92 Å². The molecule has 8 nitrogen and oxygen atoms in total. The Morgan fingerprint density at radius 3 is 2.63 bits per heavy atom. The Hall–Kier alpha value is -4.24. The molecule has 1 N–H and O–H groups in total. The number of hydrogen-bond acceptors (Lipinski definition) is 6. The highest BCUT2D eigenvalue weighted by Gasteiger charge is 2.34. The second-order valence-corrected chi connectivity index (χ2v) is 9.03. The number of aryl methyl sites for hydroxylation is 1. The molecule has 0 unspecified atom stereocenters. The summed E-state index contributed by atoms with van der Waals surface area (Å²) in [6, 6.07) is 21.4. The number of furan rings is 1. The minimum absolute atomic E-state index is 0.0677. The fourth-order valence-electron chi connectivity index (χ4n) is 3.89. The van der Waals surface area contributed by atoms with Gasteiger partial charge in [0, 0.05) is 10.6 Å². The quantitative estimate of drug-likeness (QED) is 0.350. The molecule has 176 valence electrons. The van der Waals surface area contributed by atoms with E-state index >= 15 is 0 Å². The Balaban J connectivity index is 1.51. The highest BCUT2D eigenvalue weighted by molar-refractivity contribution is 7.10. The van der Waals surface area contributed by atoms with Crippen LogP contribution in [0.25, 0.3) is 11.0 Å². The number of nitrogens with one attached hydrogen (secondary N) is 1. The number of amides is 2. The van der Waals surface area contributed by atoms with Gasteiger partial charge >= 0.3 is 0 Å². The number of anilines is 1. The Labute approximate surface area is 205 Å². The molecule has 0 aliphatic rings. The molecule has 2 amide bonds. The van der Waals surface area contributed by atoms with Gasteiger partial charge in [-0.15, -0.1) is 16.4 Å². The van der Waals surface area contributed by atoms with Crippen molar-refractivity contribution in [2.24, 2.45) is 0 Å². The summed E-state index contributed by atoms with van der Waals surface area (Å²) in [4.78, 5) is 29.7. The fraction of sp³-hybridized carbons (Fsp3) is 0.154. The van der Waals surface area contributed by atoms with Gasteiger partial charge in [-0.05, 0) is 54.8 Å². The maximum absolute atomic E-state index is 13.9. The van der Waals surface area contributed by atoms with Gasteiger partial charge in [-0.25, -0.2) is 4.68 Å². The van der Waals surface area contributed by atoms with E-state index in [1.807, 2.05) is 73.0 Å². The Morgan fingerprint density at radius 1 is 1.06 bits per heavy atom. The predicted octanol–water partition coefficient (Wildman–Crippen LogP) is 4.49. The van der Waals surface area contributed by atoms with E-state index in [0.29, 0.717) is 17.0 Å². The third-order valence-electron chi connectivity index (χ3n) is 5.62. The van der Waals surface area contributed by atoms with Crippen LogP contribution in [0.4, 0.5) is 5.69 Å². The first-order valence-electron chi connectivity index (χ1n) is 11.1. The lowest BCUT2D eigenvalue weighted by atomic mass is 10.1. The van der Waals surface area contributed by atoms with Crippen LogP contribution < -0.4 is 10.2 Å². The van der Waals surface area contributed by atoms with E-state index in [1.54, 1.807) is 28.0 Å². The number of aromatic nitrogens is 3. The van der Waals surface area contributed by atoms with Gasteiger partial charge in [0.15, 0.2) is 0 Å². The zero-order chi connectivity index (χ0) is 24.2. The molecule has 5 rings (SSSR count). The second-order valence-electron chi connectivity index (χ2n) is 8.05. The van der Waals surface area contributed by atoms with Crippen LogP contribution in [0.1, 0.15) is 22.2 Å². The number of rotatable bonds is 8. The van der Waals surface area contributed by atoms with Crippen molar-refractivity contribution in [3.63, 3.8) is 0 Å². The van der Waals surface area contributed by atoms with E-state index in [0.717, 1.165) is 16.0 Å². The van der Waals surface area contributed by atoms with Crippen molar-refractivity contribution in [2.75, 3.05) is 4.90 Å². The number of thiophene rings is 1. The van der Waals surface area contributed by atoms with Crippen molar-refractivity contribution in [3.05, 3.63) is 101 Å². The largest absolute Gasteiger partial charge is 0.467 e. The lowest BCUT2D eigenvalue weighted by Gasteiger charge is -2.30. The van der Waals surface area contributed by atoms with Gasteiger partial charge in [0.25, 0.3) is 0 Å². The van der Waals surface area contributed by atoms with E-state index in [1.165, 1.54) is 11.3 Å². The molecule has 0 bridgehead atoms. The van der Waals surface area contributed by atoms with Gasteiger partial charge in [0.1, 0.15) is 23.9 Å². The average molecular weight is 486 g/mol. The van der Waals surface area contributed by atoms with E-state index in [2.05, 4.69) is 15.6 Å². The molecular weight excluding hydrogens is 462 g/mol. The number of para-hydroxylation sites is 1. The van der Waals surface area contributed by atoms with Crippen LogP contribution in [0.5, 0.6) is 0 Å². The standard InChI is InChI=1S/C26H23N5O3S/c1-18-10-12-19(13-11-18)31(24(32)17-30-22-8-3-2-7-21(22)28-29-30)25(23-9-5-15-35-23)26(33)27-16-20-6-4-14-34-20/h2-15,25H,16-17H2,1H3,(H,27,33)/t25-/m0/s1. The summed E-state index contributed by atoms with van der Waals surface area (Å²) in [6.07, 6.45) is 1.56. The molecule has 0 spiro atoms. The summed E-state index contributed by atoms with van der Waals surface area (Å²) < 4.78 is 6.92. The molecule has 9 heteroatoms. The molecule has 0 aliphatic carbocycles. The number of nitrogens with zero attached hydrogens (tertiary/aromatic N) is 4. The van der Waals surface area contributed by atoms with Crippen LogP contribution in [0.15, 0.2) is 88.9 Å². The molecule has 0 aliphatic heterocycles. The lowest BCUT2D eigenvalue weighted by molar-refractivity contribution is -0.127. The second kappa shape index (κ2) is 9.94. The molecule has 2 aromatic carbocycles. The van der Waals surface area contributed by atoms with Crippen molar-refractivity contribution in [3.8, 4) is 0 Å². The van der Waals surface area contributed by atoms with Crippen molar-refractivity contribution in [2.45, 2.75) is 26.1 Å². The van der Waals surface area contributed by atoms with Gasteiger partial charge in [-0.2, -0.15) is 0 Å². The molecule has 0 saturated carbocycles. The van der Waals surface area contributed by atoms with Crippen molar-refractivity contribution in [1.82, 2.24) is 20.3 Å². The molecule has 0 fully saturated rings. The Bertz CT molecular complexity index is 1430. The molecule has 5 aromatic rings. The van der Waals surface area contributed by atoms with Gasteiger partial charge in [0.2, 0.25) is 11.8 Å². The third kappa shape index (κ3) is 4.85. The highest BCUT2D eigenvalue weighted by Crippen LogP contribution is 2.31. The number of benzene rings is 2. The minimum atomic E-state index is -0.866. The maximum atomic E-state index is 13.9. The zero-order valence-electron chi connectivity index (χ0n) is 19.0. The smallest absolute Gasteiger partial charge is 0.249 e. The minimum Gasteiger partial charge on any atom is -0.467 e. The van der Waals surface area contributed by atoms with Gasteiger partial charge in [0.05, 0.1) is 18.3 Å². The Morgan fingerprint density at radius 2 is 1.89 bits per heavy atom.